The van der Waals surface area contributed by atoms with Crippen LogP contribution in [0, 0.1) is 64.6 Å². The number of esters is 4. The number of hydrogen-bond donors (Lipinski definition) is 2. The van der Waals surface area contributed by atoms with Gasteiger partial charge >= 0.3 is 23.9 Å². The quantitative estimate of drug-likeness (QED) is 0.0301. The zero-order valence-corrected chi connectivity index (χ0v) is 80.4. The number of amides is 2. The topological polar surface area (TPSA) is 332 Å². The predicted octanol–water partition coefficient (Wildman–Crippen LogP) is 18.3. The molecule has 3 aromatic rings. The maximum atomic E-state index is 14.2. The Kier molecular flexibility index (Phi) is 55.1. The molecule has 3 aliphatic rings. The first-order valence-electron chi connectivity index (χ1n) is 49.1. The molecule has 26 heteroatoms. The van der Waals surface area contributed by atoms with E-state index in [-0.39, 0.29) is 209 Å². The molecule has 0 radical (unpaired) electrons. The lowest BCUT2D eigenvalue weighted by Gasteiger charge is -2.43. The highest BCUT2D eigenvalue weighted by Crippen LogP contribution is 2.40. The molecular formula is C104H160N2O24. The van der Waals surface area contributed by atoms with Crippen molar-refractivity contribution in [3.8, 4) is 0 Å². The van der Waals surface area contributed by atoms with E-state index in [1.807, 2.05) is 25.1 Å². The third-order valence-corrected chi connectivity index (χ3v) is 26.8. The highest BCUT2D eigenvalue weighted by atomic mass is 16.7. The Bertz CT molecular complexity index is 3600. The van der Waals surface area contributed by atoms with Gasteiger partial charge in [-0.05, 0) is 155 Å². The molecule has 17 unspecified atom stereocenters. The van der Waals surface area contributed by atoms with Gasteiger partial charge < -0.3 is 72.2 Å². The monoisotopic (exact) mass is 1820 g/mol. The molecule has 17 atom stereocenters. The highest BCUT2D eigenvalue weighted by molar-refractivity contribution is 5.90. The maximum Gasteiger partial charge on any atom is 0.338 e. The summed E-state index contributed by atoms with van der Waals surface area (Å²) >= 11 is 0. The average molecular weight is 1820 g/mol. The first-order chi connectivity index (χ1) is 62.7. The summed E-state index contributed by atoms with van der Waals surface area (Å²) in [6, 6.07) is 26.6. The van der Waals surface area contributed by atoms with E-state index in [4.69, 9.17) is 61.6 Å². The van der Waals surface area contributed by atoms with Crippen molar-refractivity contribution in [3.05, 3.63) is 108 Å². The Labute approximate surface area is 775 Å². The number of ketones is 5. The van der Waals surface area contributed by atoms with E-state index in [9.17, 15) is 52.7 Å². The van der Waals surface area contributed by atoms with Crippen LogP contribution in [0.2, 0.25) is 0 Å². The Balaban J connectivity index is 0.942. The molecule has 26 nitrogen and oxygen atoms in total. The minimum atomic E-state index is -1.05. The third kappa shape index (κ3) is 44.1. The van der Waals surface area contributed by atoms with Gasteiger partial charge in [0.1, 0.15) is 48.7 Å². The van der Waals surface area contributed by atoms with Crippen molar-refractivity contribution in [2.75, 3.05) is 99.5 Å². The molecule has 3 aromatic carbocycles. The van der Waals surface area contributed by atoms with E-state index in [0.717, 1.165) is 44.9 Å². The van der Waals surface area contributed by atoms with Gasteiger partial charge in [-0.25, -0.2) is 14.4 Å². The molecular weight excluding hydrogens is 1660 g/mol. The van der Waals surface area contributed by atoms with Gasteiger partial charge in [-0.15, -0.1) is 0 Å². The molecule has 3 heterocycles. The lowest BCUT2D eigenvalue weighted by Crippen LogP contribution is -2.48. The molecule has 0 spiro atoms. The van der Waals surface area contributed by atoms with Crippen LogP contribution in [0.1, 0.15) is 312 Å². The zero-order valence-electron chi connectivity index (χ0n) is 80.4. The second-order valence-electron chi connectivity index (χ2n) is 37.2. The first-order valence-corrected chi connectivity index (χ1v) is 49.1. The van der Waals surface area contributed by atoms with Gasteiger partial charge in [0, 0.05) is 133 Å². The van der Waals surface area contributed by atoms with Crippen LogP contribution in [-0.2, 0) is 99.9 Å². The van der Waals surface area contributed by atoms with Crippen molar-refractivity contribution < 1.29 is 114 Å². The predicted molar refractivity (Wildman–Crippen MR) is 496 cm³/mol. The average Bonchev–Trinajstić information content (AvgIpc) is 0.819. The van der Waals surface area contributed by atoms with Crippen LogP contribution in [0.3, 0.4) is 0 Å². The van der Waals surface area contributed by atoms with Crippen LogP contribution >= 0.6 is 0 Å². The summed E-state index contributed by atoms with van der Waals surface area (Å²) in [5.74, 6) is 0.254. The van der Waals surface area contributed by atoms with Gasteiger partial charge in [0.25, 0.3) is 0 Å². The van der Waals surface area contributed by atoms with Crippen LogP contribution in [0.25, 0.3) is 0 Å². The third-order valence-electron chi connectivity index (χ3n) is 26.8. The molecule has 2 amide bonds. The number of ether oxygens (including phenoxy) is 13. The van der Waals surface area contributed by atoms with Gasteiger partial charge in [-0.3, -0.25) is 38.4 Å². The van der Waals surface area contributed by atoms with Crippen molar-refractivity contribution in [1.82, 2.24) is 10.6 Å². The molecule has 0 bridgehead atoms. The second kappa shape index (κ2) is 64.4. The normalized spacial score (nSPS) is 22.7. The number of benzene rings is 3. The Morgan fingerprint density at radius 3 is 1.04 bits per heavy atom. The number of Topliss-reactive ketones (excluding diaryl/α,β-unsaturated/α-hetero) is 5. The van der Waals surface area contributed by atoms with Gasteiger partial charge in [-0.2, -0.15) is 0 Å². The number of methoxy groups -OCH3 is 1. The summed E-state index contributed by atoms with van der Waals surface area (Å²) in [6.45, 7) is 23.6. The summed E-state index contributed by atoms with van der Waals surface area (Å²) in [6.07, 6.45) is 16.3. The van der Waals surface area contributed by atoms with Crippen molar-refractivity contribution in [2.45, 2.75) is 318 Å². The van der Waals surface area contributed by atoms with Gasteiger partial charge in [0.05, 0.1) is 88.4 Å². The Morgan fingerprint density at radius 2 is 0.646 bits per heavy atom. The van der Waals surface area contributed by atoms with Crippen LogP contribution < -0.4 is 10.6 Å². The maximum absolute atomic E-state index is 14.2. The standard InChI is InChI=1S/C104H160N2O24/c1-74(54-65-124-103-83(10)77(4)80(7)94(130-103)70-127-100(117)86-44-27-20-28-45-86)66-90(110)50-33-22-32-48-89(109)56-63-120-72-104(67-91(111)51-29-16-14-12-13-15-17-34-53-97(114)118-11,71-119-62-55-88(108)47-31-21-30-46-87(107)49-35-37-60-122-101-81(8)75(2)78(5)92(128-101)68-125-98(115)84-40-23-18-24-41-84)73-121-64-57-96(113)106-59-39-58-105-95(112)52-36-38-61-123-102-82(9)76(3)79(6)93(129-102)69-126-99(116)85-42-25-19-26-43-85/h18-20,23-28,40-45,74-83,92-94,101-103H,12-17,21-22,29-39,46-73H2,1-11H3,(H,105,112)(H,106,113). The number of carbonyl (C=O) groups excluding carboxylic acids is 11. The Morgan fingerprint density at radius 1 is 0.331 bits per heavy atom. The molecule has 6 rings (SSSR count). The molecule has 730 valence electrons. The molecule has 3 fully saturated rings. The van der Waals surface area contributed by atoms with Crippen LogP contribution in [-0.4, -0.2) is 201 Å². The number of nitrogens with one attached hydrogen (secondary N) is 2. The number of unbranched alkanes of at least 4 members (excludes halogenated alkanes) is 13. The van der Waals surface area contributed by atoms with Gasteiger partial charge in [0.15, 0.2) is 18.9 Å². The molecule has 0 aliphatic carbocycles. The summed E-state index contributed by atoms with van der Waals surface area (Å²) in [5, 5.41) is 5.86. The SMILES string of the molecule is COC(=O)CCCCCCCCCCC(=O)CC(COCCC(=O)CCCCCC(=O)CCCCOC1OC(COC(=O)c2ccccc2)C(C)C(C)C1C)(COCCC(=O)CCCCCC(=O)CC(C)CCOC1OC(COC(=O)c2ccccc2)C(C)C(C)C1C)COCCC(=O)NCCCNC(=O)CCCCOC1OC(COC(=O)c2ccccc2)C(C)C(C)C1C. The summed E-state index contributed by atoms with van der Waals surface area (Å²) < 4.78 is 78.4. The van der Waals surface area contributed by atoms with Crippen molar-refractivity contribution in [3.63, 3.8) is 0 Å². The first kappa shape index (κ1) is 111. The molecule has 0 saturated carbocycles. The molecule has 3 aliphatic heterocycles. The molecule has 130 heavy (non-hydrogen) atoms. The lowest BCUT2D eigenvalue weighted by molar-refractivity contribution is -0.254. The Hall–Kier alpha value is -7.53. The van der Waals surface area contributed by atoms with Gasteiger partial charge in [0.2, 0.25) is 11.8 Å². The fourth-order valence-electron chi connectivity index (χ4n) is 16.9. The number of hydrogen-bond acceptors (Lipinski definition) is 24. The minimum absolute atomic E-state index is 0.00211. The van der Waals surface area contributed by atoms with Crippen LogP contribution in [0.5, 0.6) is 0 Å². The largest absolute Gasteiger partial charge is 0.469 e. The van der Waals surface area contributed by atoms with Crippen molar-refractivity contribution >= 4 is 64.6 Å². The molecule has 2 N–H and O–H groups in total. The number of rotatable bonds is 71. The van der Waals surface area contributed by atoms with E-state index in [2.05, 4.69) is 72.9 Å². The van der Waals surface area contributed by atoms with Crippen molar-refractivity contribution in [2.24, 2.45) is 64.6 Å². The van der Waals surface area contributed by atoms with Crippen molar-refractivity contribution in [1.29, 1.82) is 0 Å². The van der Waals surface area contributed by atoms with E-state index in [1.54, 1.807) is 72.8 Å². The molecule has 3 saturated heterocycles. The minimum Gasteiger partial charge on any atom is -0.469 e. The lowest BCUT2D eigenvalue weighted by atomic mass is 9.79. The summed E-state index contributed by atoms with van der Waals surface area (Å²) in [5.41, 5.74) is 0.406. The summed E-state index contributed by atoms with van der Waals surface area (Å²) in [7, 11) is 1.40. The molecule has 0 aromatic heterocycles. The summed E-state index contributed by atoms with van der Waals surface area (Å²) in [4.78, 5) is 143. The van der Waals surface area contributed by atoms with E-state index < -0.39 is 42.2 Å². The van der Waals surface area contributed by atoms with E-state index >= 15 is 0 Å². The number of carbonyl (C=O) groups is 11. The van der Waals surface area contributed by atoms with Crippen LogP contribution in [0.15, 0.2) is 91.0 Å². The zero-order chi connectivity index (χ0) is 94.3. The van der Waals surface area contributed by atoms with Gasteiger partial charge in [-0.1, -0.05) is 175 Å². The smallest absolute Gasteiger partial charge is 0.338 e. The fourth-order valence-corrected chi connectivity index (χ4v) is 16.9. The van der Waals surface area contributed by atoms with E-state index in [1.165, 1.54) is 7.11 Å². The second-order valence-corrected chi connectivity index (χ2v) is 37.2. The van der Waals surface area contributed by atoms with Crippen LogP contribution in [0.4, 0.5) is 0 Å². The highest BCUT2D eigenvalue weighted by Gasteiger charge is 2.44. The van der Waals surface area contributed by atoms with E-state index in [0.29, 0.717) is 191 Å². The fraction of sp³-hybridized carbons (Fsp3) is 0.721.